The van der Waals surface area contributed by atoms with Crippen LogP contribution in [0.25, 0.3) is 0 Å². The highest BCUT2D eigenvalue weighted by molar-refractivity contribution is 6.31. The minimum atomic E-state index is -0.970. The summed E-state index contributed by atoms with van der Waals surface area (Å²) in [7, 11) is 0. The Bertz CT molecular complexity index is 2260. The molecule has 13 heteroatoms. The molecular formula is C46H47ClN6O6. The van der Waals surface area contributed by atoms with Gasteiger partial charge in [0.15, 0.2) is 6.23 Å². The van der Waals surface area contributed by atoms with Crippen molar-refractivity contribution in [2.75, 3.05) is 44.2 Å². The van der Waals surface area contributed by atoms with Gasteiger partial charge in [0, 0.05) is 67.8 Å². The van der Waals surface area contributed by atoms with Crippen LogP contribution >= 0.6 is 11.6 Å². The lowest BCUT2D eigenvalue weighted by Gasteiger charge is -2.38. The maximum absolute atomic E-state index is 13.7. The summed E-state index contributed by atoms with van der Waals surface area (Å²) >= 11 is 6.23. The zero-order valence-electron chi connectivity index (χ0n) is 33.1. The second-order valence-electron chi connectivity index (χ2n) is 16.5. The first-order valence-corrected chi connectivity index (χ1v) is 21.0. The van der Waals surface area contributed by atoms with Crippen LogP contribution in [-0.2, 0) is 9.59 Å². The predicted molar refractivity (Wildman–Crippen MR) is 221 cm³/mol. The lowest BCUT2D eigenvalue weighted by molar-refractivity contribution is -0.136. The number of anilines is 1. The van der Waals surface area contributed by atoms with E-state index in [1.807, 2.05) is 30.3 Å². The number of nitrogens with one attached hydrogen (secondary N) is 1. The van der Waals surface area contributed by atoms with E-state index >= 15 is 0 Å². The van der Waals surface area contributed by atoms with Gasteiger partial charge >= 0.3 is 0 Å². The molecule has 1 N–H and O–H groups in total. The van der Waals surface area contributed by atoms with Crippen molar-refractivity contribution in [3.05, 3.63) is 93.5 Å². The number of amides is 5. The van der Waals surface area contributed by atoms with Gasteiger partial charge in [-0.2, -0.15) is 5.26 Å². The molecule has 4 saturated heterocycles. The third-order valence-corrected chi connectivity index (χ3v) is 12.7. The van der Waals surface area contributed by atoms with E-state index in [4.69, 9.17) is 16.3 Å². The molecule has 0 spiro atoms. The molecule has 0 aliphatic carbocycles. The number of likely N-dealkylation sites (tertiary alicyclic amines) is 2. The van der Waals surface area contributed by atoms with Crippen molar-refractivity contribution in [1.29, 1.82) is 5.26 Å². The van der Waals surface area contributed by atoms with Crippen molar-refractivity contribution in [2.45, 2.75) is 70.6 Å². The second kappa shape index (κ2) is 17.3. The van der Waals surface area contributed by atoms with Gasteiger partial charge in [-0.05, 0) is 118 Å². The highest BCUT2D eigenvalue weighted by Gasteiger charge is 2.45. The Morgan fingerprint density at radius 3 is 2.32 bits per heavy atom. The van der Waals surface area contributed by atoms with Gasteiger partial charge in [-0.15, -0.1) is 0 Å². The molecular weight excluding hydrogens is 768 g/mol. The third-order valence-electron chi connectivity index (χ3n) is 12.4. The van der Waals surface area contributed by atoms with Gasteiger partial charge in [-0.3, -0.25) is 34.2 Å². The number of carbonyl (C=O) groups excluding carboxylic acids is 5. The van der Waals surface area contributed by atoms with Crippen LogP contribution in [0.3, 0.4) is 0 Å². The number of hydrogen-bond acceptors (Lipinski definition) is 9. The van der Waals surface area contributed by atoms with E-state index in [1.54, 1.807) is 35.2 Å². The average Bonchev–Trinajstić information content (AvgIpc) is 3.49. The summed E-state index contributed by atoms with van der Waals surface area (Å²) in [6, 6.07) is 18.9. The van der Waals surface area contributed by atoms with Crippen LogP contribution in [0.5, 0.6) is 5.75 Å². The first kappa shape index (κ1) is 40.1. The number of rotatable bonds is 7. The summed E-state index contributed by atoms with van der Waals surface area (Å²) in [6.45, 7) is 7.49. The standard InChI is InChI=1S/C46H47ClN6O6/c1-29-2-15-42(59-36-11-9-34(26-48)39(47)25-36)52(27-29)44(56)33-7-5-30(6-8-33)3-4-31-16-20-50(21-17-31)28-32-18-22-51(23-19-32)35-10-12-37-38(24-35)46(58)53(45(37)57)40-13-14-41(54)49-43(40)55/h5-12,24-25,29,31-32,40,42H,2,13-23,27-28H2,1H3,(H,49,54,55). The number of imide groups is 2. The van der Waals surface area contributed by atoms with Crippen LogP contribution in [0.2, 0.25) is 5.02 Å². The van der Waals surface area contributed by atoms with Gasteiger partial charge < -0.3 is 19.4 Å². The second-order valence-corrected chi connectivity index (χ2v) is 16.9. The maximum atomic E-state index is 13.7. The summed E-state index contributed by atoms with van der Waals surface area (Å²) in [5, 5.41) is 11.8. The van der Waals surface area contributed by atoms with Crippen LogP contribution in [-0.4, -0.2) is 95.8 Å². The largest absolute Gasteiger partial charge is 0.470 e. The molecule has 12 nitrogen and oxygen atoms in total. The zero-order valence-corrected chi connectivity index (χ0v) is 33.9. The predicted octanol–water partition coefficient (Wildman–Crippen LogP) is 5.87. The summed E-state index contributed by atoms with van der Waals surface area (Å²) in [5.41, 5.74) is 3.36. The van der Waals surface area contributed by atoms with Crippen molar-refractivity contribution in [2.24, 2.45) is 17.8 Å². The number of halogens is 1. The summed E-state index contributed by atoms with van der Waals surface area (Å²) in [6.07, 6.45) is 5.53. The topological polar surface area (TPSA) is 143 Å². The van der Waals surface area contributed by atoms with E-state index in [-0.39, 0.29) is 18.7 Å². The van der Waals surface area contributed by atoms with Gasteiger partial charge in [0.25, 0.3) is 17.7 Å². The molecule has 3 unspecified atom stereocenters. The van der Waals surface area contributed by atoms with E-state index in [2.05, 4.69) is 40.0 Å². The minimum absolute atomic E-state index is 0.0867. The molecule has 8 rings (SSSR count). The van der Waals surface area contributed by atoms with Crippen molar-refractivity contribution < 1.29 is 28.7 Å². The van der Waals surface area contributed by atoms with Gasteiger partial charge in [0.05, 0.1) is 21.7 Å². The Hall–Kier alpha value is -5.69. The van der Waals surface area contributed by atoms with Gasteiger partial charge in [0.1, 0.15) is 17.9 Å². The molecule has 5 amide bonds. The van der Waals surface area contributed by atoms with E-state index in [0.717, 1.165) is 81.0 Å². The fraction of sp³-hybridized carbons (Fsp3) is 0.435. The molecule has 3 aromatic rings. The summed E-state index contributed by atoms with van der Waals surface area (Å²) < 4.78 is 6.23. The maximum Gasteiger partial charge on any atom is 0.262 e. The monoisotopic (exact) mass is 814 g/mol. The fourth-order valence-electron chi connectivity index (χ4n) is 8.98. The quantitative estimate of drug-likeness (QED) is 0.229. The van der Waals surface area contributed by atoms with Crippen LogP contribution in [0.15, 0.2) is 60.7 Å². The summed E-state index contributed by atoms with van der Waals surface area (Å²) in [5.74, 6) is 6.56. The molecule has 3 atom stereocenters. The van der Waals surface area contributed by atoms with Crippen molar-refractivity contribution >= 4 is 46.8 Å². The zero-order chi connectivity index (χ0) is 41.2. The third kappa shape index (κ3) is 8.71. The number of fused-ring (bicyclic) bond motifs is 1. The van der Waals surface area contributed by atoms with Crippen LogP contribution in [0.1, 0.15) is 100 Å². The molecule has 3 aromatic carbocycles. The Morgan fingerprint density at radius 2 is 1.61 bits per heavy atom. The Kier molecular flexibility index (Phi) is 11.7. The van der Waals surface area contributed by atoms with Gasteiger partial charge in [0.2, 0.25) is 11.8 Å². The number of benzene rings is 3. The van der Waals surface area contributed by atoms with Crippen LogP contribution in [0.4, 0.5) is 5.69 Å². The molecule has 59 heavy (non-hydrogen) atoms. The van der Waals surface area contributed by atoms with E-state index < -0.39 is 35.9 Å². The molecule has 4 fully saturated rings. The fourth-order valence-corrected chi connectivity index (χ4v) is 9.20. The van der Waals surface area contributed by atoms with Crippen molar-refractivity contribution in [1.82, 2.24) is 20.0 Å². The van der Waals surface area contributed by atoms with Crippen molar-refractivity contribution in [3.63, 3.8) is 0 Å². The number of carbonyl (C=O) groups is 5. The van der Waals surface area contributed by atoms with Crippen molar-refractivity contribution in [3.8, 4) is 23.7 Å². The molecule has 0 bridgehead atoms. The van der Waals surface area contributed by atoms with Crippen LogP contribution in [0, 0.1) is 40.9 Å². The number of nitrogens with zero attached hydrogens (tertiary/aromatic N) is 5. The molecule has 0 radical (unpaired) electrons. The summed E-state index contributed by atoms with van der Waals surface area (Å²) in [4.78, 5) is 71.8. The highest BCUT2D eigenvalue weighted by Crippen LogP contribution is 2.33. The van der Waals surface area contributed by atoms with Crippen LogP contribution < -0.4 is 15.0 Å². The molecule has 5 aliphatic heterocycles. The normalized spacial score (nSPS) is 23.0. The lowest BCUT2D eigenvalue weighted by Crippen LogP contribution is -2.54. The Morgan fingerprint density at radius 1 is 0.864 bits per heavy atom. The number of nitriles is 1. The minimum Gasteiger partial charge on any atom is -0.470 e. The molecule has 0 saturated carbocycles. The highest BCUT2D eigenvalue weighted by atomic mass is 35.5. The molecule has 0 aromatic heterocycles. The smallest absolute Gasteiger partial charge is 0.262 e. The van der Waals surface area contributed by atoms with Gasteiger partial charge in [-0.1, -0.05) is 30.4 Å². The first-order valence-electron chi connectivity index (χ1n) is 20.7. The average molecular weight is 815 g/mol. The molecule has 5 heterocycles. The number of hydrogen-bond donors (Lipinski definition) is 1. The van der Waals surface area contributed by atoms with E-state index in [9.17, 15) is 29.2 Å². The first-order chi connectivity index (χ1) is 28.5. The molecule has 304 valence electrons. The lowest BCUT2D eigenvalue weighted by atomic mass is 9.92. The van der Waals surface area contributed by atoms with Gasteiger partial charge in [-0.25, -0.2) is 0 Å². The number of ether oxygens (including phenoxy) is 1. The Labute approximate surface area is 349 Å². The SMILES string of the molecule is CC1CCC(Oc2ccc(C#N)c(Cl)c2)N(C(=O)c2ccc(C#CC3CCN(CC4CCN(c5ccc6c(c5)C(=O)N(C5CCC(=O)NC5=O)C6=O)CC4)CC3)cc2)C1. The molecule has 5 aliphatic rings. The Balaban J connectivity index is 0.792. The number of piperidine rings is 4. The van der Waals surface area contributed by atoms with E-state index in [0.29, 0.717) is 63.7 Å². The van der Waals surface area contributed by atoms with E-state index in [1.165, 1.54) is 0 Å².